The van der Waals surface area contributed by atoms with Gasteiger partial charge in [-0.2, -0.15) is 0 Å². The summed E-state index contributed by atoms with van der Waals surface area (Å²) in [6.07, 6.45) is 0. The minimum atomic E-state index is -1.52. The van der Waals surface area contributed by atoms with Crippen LogP contribution in [0.5, 0.6) is 0 Å². The Morgan fingerprint density at radius 3 is 1.71 bits per heavy atom. The molecule has 1 heterocycles. The number of benzene rings is 2. The van der Waals surface area contributed by atoms with Crippen molar-refractivity contribution in [2.45, 2.75) is 77.8 Å². The van der Waals surface area contributed by atoms with Crippen LogP contribution in [0.2, 0.25) is 18.1 Å². The molecule has 0 unspecified atom stereocenters. The Kier molecular flexibility index (Phi) is 5.96. The minimum absolute atomic E-state index is 0.334. The van der Waals surface area contributed by atoms with Gasteiger partial charge in [0.15, 0.2) is 0 Å². The van der Waals surface area contributed by atoms with Gasteiger partial charge in [0, 0.05) is 0 Å². The highest BCUT2D eigenvalue weighted by atomic mass is 28.3. The number of hydrogen-bond donors (Lipinski definition) is 0. The lowest BCUT2D eigenvalue weighted by Gasteiger charge is -2.32. The molecule has 0 aromatic heterocycles. The van der Waals surface area contributed by atoms with Crippen LogP contribution in [0.25, 0.3) is 11.1 Å². The lowest BCUT2D eigenvalue weighted by molar-refractivity contribution is 0.00578. The van der Waals surface area contributed by atoms with Crippen molar-refractivity contribution in [1.29, 1.82) is 0 Å². The highest BCUT2D eigenvalue weighted by Crippen LogP contribution is 2.37. The average molecular weight is 394 g/mol. The van der Waals surface area contributed by atoms with Gasteiger partial charge in [0.25, 0.3) is 0 Å². The van der Waals surface area contributed by atoms with E-state index in [1.165, 1.54) is 29.3 Å². The van der Waals surface area contributed by atoms with Crippen LogP contribution in [0, 0.1) is 0 Å². The molecule has 0 amide bonds. The molecule has 2 nitrogen and oxygen atoms in total. The molecule has 0 radical (unpaired) electrons. The van der Waals surface area contributed by atoms with E-state index in [1.807, 2.05) is 0 Å². The number of hydrogen-bond acceptors (Lipinski definition) is 2. The van der Waals surface area contributed by atoms with Gasteiger partial charge in [-0.05, 0) is 44.3 Å². The topological polar surface area (TPSA) is 18.5 Å². The van der Waals surface area contributed by atoms with Gasteiger partial charge >= 0.3 is 7.12 Å². The zero-order chi connectivity index (χ0) is 20.6. The Balaban J connectivity index is 2.14. The van der Waals surface area contributed by atoms with Gasteiger partial charge in [-0.1, -0.05) is 92.6 Å². The van der Waals surface area contributed by atoms with Gasteiger partial charge in [0.1, 0.15) is 0 Å². The van der Waals surface area contributed by atoms with Crippen molar-refractivity contribution in [3.8, 4) is 11.1 Å². The standard InChI is InChI=1S/C24H35BO2Si/c1-8-28(9-2,10-3)22-18-14-12-16-20(22)19-15-11-13-17-21(19)25-26-23(4,5)24(6,7)27-25/h11-18H,8-10H2,1-7H3. The van der Waals surface area contributed by atoms with Crippen LogP contribution in [-0.4, -0.2) is 26.4 Å². The van der Waals surface area contributed by atoms with Crippen molar-refractivity contribution in [2.75, 3.05) is 0 Å². The molecule has 1 fully saturated rings. The molecule has 0 N–H and O–H groups in total. The Labute approximate surface area is 172 Å². The van der Waals surface area contributed by atoms with Gasteiger partial charge in [-0.3, -0.25) is 0 Å². The minimum Gasteiger partial charge on any atom is -0.399 e. The summed E-state index contributed by atoms with van der Waals surface area (Å²) in [6, 6.07) is 21.5. The van der Waals surface area contributed by atoms with Crippen LogP contribution in [0.15, 0.2) is 48.5 Å². The normalized spacial score (nSPS) is 18.5. The van der Waals surface area contributed by atoms with Crippen molar-refractivity contribution in [3.05, 3.63) is 48.5 Å². The van der Waals surface area contributed by atoms with Crippen LogP contribution in [0.3, 0.4) is 0 Å². The Hall–Kier alpha value is -1.36. The lowest BCUT2D eigenvalue weighted by atomic mass is 9.74. The van der Waals surface area contributed by atoms with Crippen LogP contribution < -0.4 is 10.6 Å². The SMILES string of the molecule is CC[Si](CC)(CC)c1ccccc1-c1ccccc1B1OC(C)(C)C(C)(C)O1. The average Bonchev–Trinajstić information content (AvgIpc) is 2.91. The second-order valence-corrected chi connectivity index (χ2v) is 14.3. The van der Waals surface area contributed by atoms with Crippen molar-refractivity contribution < 1.29 is 9.31 Å². The molecule has 1 aliphatic heterocycles. The lowest BCUT2D eigenvalue weighted by Crippen LogP contribution is -2.47. The molecule has 0 spiro atoms. The van der Waals surface area contributed by atoms with E-state index in [1.54, 1.807) is 5.19 Å². The summed E-state index contributed by atoms with van der Waals surface area (Å²) < 4.78 is 12.8. The van der Waals surface area contributed by atoms with Crippen molar-refractivity contribution >= 4 is 25.8 Å². The number of rotatable bonds is 6. The van der Waals surface area contributed by atoms with E-state index < -0.39 is 8.07 Å². The maximum Gasteiger partial charge on any atom is 0.495 e. The van der Waals surface area contributed by atoms with E-state index in [-0.39, 0.29) is 18.3 Å². The summed E-state index contributed by atoms with van der Waals surface area (Å²) in [5, 5.41) is 1.58. The molecule has 2 aromatic rings. The summed E-state index contributed by atoms with van der Waals surface area (Å²) in [6.45, 7) is 15.6. The first kappa shape index (κ1) is 21.4. The summed E-state index contributed by atoms with van der Waals surface area (Å²) in [4.78, 5) is 0. The van der Waals surface area contributed by atoms with Crippen molar-refractivity contribution in [2.24, 2.45) is 0 Å². The molecule has 0 aliphatic carbocycles. The molecule has 2 aromatic carbocycles. The first-order valence-corrected chi connectivity index (χ1v) is 13.4. The Morgan fingerprint density at radius 2 is 1.18 bits per heavy atom. The fraction of sp³-hybridized carbons (Fsp3) is 0.500. The third-order valence-electron chi connectivity index (χ3n) is 7.29. The van der Waals surface area contributed by atoms with Gasteiger partial charge in [0.05, 0.1) is 19.3 Å². The Morgan fingerprint density at radius 1 is 0.714 bits per heavy atom. The highest BCUT2D eigenvalue weighted by Gasteiger charge is 2.52. The first-order chi connectivity index (χ1) is 13.2. The molecular formula is C24H35BO2Si. The Bertz CT molecular complexity index is 803. The fourth-order valence-electron chi connectivity index (χ4n) is 4.42. The second-order valence-electron chi connectivity index (χ2n) is 9.06. The maximum absolute atomic E-state index is 6.41. The largest absolute Gasteiger partial charge is 0.495 e. The van der Waals surface area contributed by atoms with Gasteiger partial charge in [-0.15, -0.1) is 0 Å². The van der Waals surface area contributed by atoms with Crippen LogP contribution in [-0.2, 0) is 9.31 Å². The molecule has 1 saturated heterocycles. The second kappa shape index (κ2) is 7.81. The van der Waals surface area contributed by atoms with E-state index in [4.69, 9.17) is 9.31 Å². The van der Waals surface area contributed by atoms with Crippen LogP contribution >= 0.6 is 0 Å². The third-order valence-corrected chi connectivity index (χ3v) is 12.9. The molecule has 3 rings (SSSR count). The molecule has 1 aliphatic rings. The first-order valence-electron chi connectivity index (χ1n) is 10.8. The van der Waals surface area contributed by atoms with E-state index >= 15 is 0 Å². The molecule has 0 saturated carbocycles. The maximum atomic E-state index is 6.41. The third kappa shape index (κ3) is 3.51. The summed E-state index contributed by atoms with van der Waals surface area (Å²) in [7, 11) is -1.86. The monoisotopic (exact) mass is 394 g/mol. The highest BCUT2D eigenvalue weighted by molar-refractivity contribution is 6.92. The summed E-state index contributed by atoms with van der Waals surface area (Å²) in [5.41, 5.74) is 3.09. The van der Waals surface area contributed by atoms with Crippen molar-refractivity contribution in [3.63, 3.8) is 0 Å². The van der Waals surface area contributed by atoms with Gasteiger partial charge in [-0.25, -0.2) is 0 Å². The zero-order valence-electron chi connectivity index (χ0n) is 18.6. The molecule has 0 atom stereocenters. The van der Waals surface area contributed by atoms with Crippen molar-refractivity contribution in [1.82, 2.24) is 0 Å². The quantitative estimate of drug-likeness (QED) is 0.614. The molecule has 0 bridgehead atoms. The smallest absolute Gasteiger partial charge is 0.399 e. The molecular weight excluding hydrogens is 359 g/mol. The van der Waals surface area contributed by atoms with E-state index in [0.717, 1.165) is 5.46 Å². The van der Waals surface area contributed by atoms with Crippen LogP contribution in [0.4, 0.5) is 0 Å². The summed E-state index contributed by atoms with van der Waals surface area (Å²) >= 11 is 0. The van der Waals surface area contributed by atoms with Gasteiger partial charge < -0.3 is 9.31 Å². The molecule has 150 valence electrons. The van der Waals surface area contributed by atoms with Gasteiger partial charge in [0.2, 0.25) is 0 Å². The predicted molar refractivity (Wildman–Crippen MR) is 124 cm³/mol. The molecule has 4 heteroatoms. The van der Waals surface area contributed by atoms with Crippen LogP contribution in [0.1, 0.15) is 48.5 Å². The van der Waals surface area contributed by atoms with E-state index in [9.17, 15) is 0 Å². The van der Waals surface area contributed by atoms with E-state index in [2.05, 4.69) is 97.0 Å². The predicted octanol–water partition coefficient (Wildman–Crippen LogP) is 5.37. The van der Waals surface area contributed by atoms with E-state index in [0.29, 0.717) is 0 Å². The fourth-order valence-corrected chi connectivity index (χ4v) is 8.30. The zero-order valence-corrected chi connectivity index (χ0v) is 19.6. The summed E-state index contributed by atoms with van der Waals surface area (Å²) in [5.74, 6) is 0. The molecule has 28 heavy (non-hydrogen) atoms.